The van der Waals surface area contributed by atoms with Gasteiger partial charge in [-0.15, -0.1) is 11.3 Å². The van der Waals surface area contributed by atoms with Crippen LogP contribution in [0, 0.1) is 5.92 Å². The van der Waals surface area contributed by atoms with Gasteiger partial charge in [-0.25, -0.2) is 4.98 Å². The quantitative estimate of drug-likeness (QED) is 0.551. The molecule has 1 N–H and O–H groups in total. The fourth-order valence-electron chi connectivity index (χ4n) is 5.17. The van der Waals surface area contributed by atoms with Gasteiger partial charge in [-0.05, 0) is 74.2 Å². The maximum atomic E-state index is 13.1. The molecule has 1 aliphatic carbocycles. The van der Waals surface area contributed by atoms with Gasteiger partial charge in [0.05, 0.1) is 11.7 Å². The Morgan fingerprint density at radius 3 is 2.82 bits per heavy atom. The van der Waals surface area contributed by atoms with Crippen LogP contribution in [0.3, 0.4) is 0 Å². The first-order valence-electron chi connectivity index (χ1n) is 12.6. The molecule has 1 fully saturated rings. The van der Waals surface area contributed by atoms with E-state index in [1.165, 1.54) is 35.3 Å². The van der Waals surface area contributed by atoms with Gasteiger partial charge in [-0.2, -0.15) is 0 Å². The number of amides is 1. The van der Waals surface area contributed by atoms with Crippen molar-refractivity contribution in [1.82, 2.24) is 19.8 Å². The summed E-state index contributed by atoms with van der Waals surface area (Å²) >= 11 is 1.66. The van der Waals surface area contributed by atoms with Crippen LogP contribution in [-0.4, -0.2) is 33.4 Å². The number of hydrogen-bond acceptors (Lipinski definition) is 5. The predicted molar refractivity (Wildman–Crippen MR) is 137 cm³/mol. The van der Waals surface area contributed by atoms with Gasteiger partial charge >= 0.3 is 0 Å². The molecule has 0 atom stereocenters. The predicted octanol–water partition coefficient (Wildman–Crippen LogP) is 4.28. The molecule has 0 unspecified atom stereocenters. The van der Waals surface area contributed by atoms with E-state index in [2.05, 4.69) is 46.4 Å². The Balaban J connectivity index is 1.15. The van der Waals surface area contributed by atoms with Crippen molar-refractivity contribution in [2.45, 2.75) is 71.5 Å². The Bertz CT molecular complexity index is 1220. The topological polar surface area (TPSA) is 67.2 Å². The Labute approximate surface area is 205 Å². The van der Waals surface area contributed by atoms with Gasteiger partial charge < -0.3 is 5.32 Å². The van der Waals surface area contributed by atoms with Crippen LogP contribution in [0.1, 0.15) is 60.6 Å². The van der Waals surface area contributed by atoms with Crippen LogP contribution in [-0.2, 0) is 37.3 Å². The van der Waals surface area contributed by atoms with Crippen LogP contribution in [0.2, 0.25) is 0 Å². The molecule has 7 heteroatoms. The summed E-state index contributed by atoms with van der Waals surface area (Å²) in [6, 6.07) is 8.50. The van der Waals surface area contributed by atoms with Gasteiger partial charge in [-0.1, -0.05) is 31.2 Å². The first-order chi connectivity index (χ1) is 16.6. The highest BCUT2D eigenvalue weighted by Gasteiger charge is 2.20. The van der Waals surface area contributed by atoms with Gasteiger partial charge in [0.2, 0.25) is 5.91 Å². The van der Waals surface area contributed by atoms with Crippen LogP contribution in [0.5, 0.6) is 0 Å². The normalized spacial score (nSPS) is 17.1. The summed E-state index contributed by atoms with van der Waals surface area (Å²) in [5, 5.41) is 3.80. The zero-order valence-electron chi connectivity index (χ0n) is 20.0. The second kappa shape index (κ2) is 10.4. The number of likely N-dealkylation sites (tertiary alicyclic amines) is 1. The minimum absolute atomic E-state index is 0.00277. The second-order valence-corrected chi connectivity index (χ2v) is 11.0. The van der Waals surface area contributed by atoms with Crippen molar-refractivity contribution in [2.75, 3.05) is 13.1 Å². The average Bonchev–Trinajstić information content (AvgIpc) is 3.23. The summed E-state index contributed by atoms with van der Waals surface area (Å²) < 4.78 is 1.60. The first kappa shape index (κ1) is 23.2. The van der Waals surface area contributed by atoms with Gasteiger partial charge in [0.25, 0.3) is 5.56 Å². The number of nitrogens with zero attached hydrogens (tertiary/aromatic N) is 3. The highest BCUT2D eigenvalue weighted by atomic mass is 32.1. The summed E-state index contributed by atoms with van der Waals surface area (Å²) in [4.78, 5) is 34.8. The first-order valence-corrected chi connectivity index (χ1v) is 13.4. The van der Waals surface area contributed by atoms with Gasteiger partial charge in [0.1, 0.15) is 4.83 Å². The summed E-state index contributed by atoms with van der Waals surface area (Å²) in [5.74, 6) is 0.789. The van der Waals surface area contributed by atoms with Crippen LogP contribution in [0.15, 0.2) is 35.4 Å². The molecule has 2 aliphatic rings. The minimum atomic E-state index is -0.0465. The lowest BCUT2D eigenvalue weighted by Crippen LogP contribution is -2.32. The highest BCUT2D eigenvalue weighted by molar-refractivity contribution is 7.18. The van der Waals surface area contributed by atoms with Crippen molar-refractivity contribution >= 4 is 27.5 Å². The molecule has 34 heavy (non-hydrogen) atoms. The van der Waals surface area contributed by atoms with Crippen molar-refractivity contribution in [1.29, 1.82) is 0 Å². The number of nitrogens with one attached hydrogen (secondary N) is 1. The Hall–Kier alpha value is -2.51. The third-order valence-corrected chi connectivity index (χ3v) is 8.48. The molecule has 0 spiro atoms. The highest BCUT2D eigenvalue weighted by Crippen LogP contribution is 2.33. The van der Waals surface area contributed by atoms with Crippen LogP contribution in [0.4, 0.5) is 0 Å². The van der Waals surface area contributed by atoms with E-state index in [1.54, 1.807) is 22.2 Å². The minimum Gasteiger partial charge on any atom is -0.352 e. The number of carbonyl (C=O) groups is 1. The molecule has 0 radical (unpaired) electrons. The summed E-state index contributed by atoms with van der Waals surface area (Å²) in [7, 11) is 0. The monoisotopic (exact) mass is 478 g/mol. The summed E-state index contributed by atoms with van der Waals surface area (Å²) in [6.45, 7) is 6.49. The van der Waals surface area contributed by atoms with Gasteiger partial charge in [0.15, 0.2) is 0 Å². The van der Waals surface area contributed by atoms with Crippen molar-refractivity contribution in [3.05, 3.63) is 62.5 Å². The number of aromatic nitrogens is 2. The van der Waals surface area contributed by atoms with Crippen LogP contribution < -0.4 is 10.9 Å². The molecule has 0 saturated carbocycles. The maximum absolute atomic E-state index is 13.1. The number of benzene rings is 1. The smallest absolute Gasteiger partial charge is 0.262 e. The molecule has 5 rings (SSSR count). The van der Waals surface area contributed by atoms with E-state index in [9.17, 15) is 9.59 Å². The van der Waals surface area contributed by atoms with Gasteiger partial charge in [0, 0.05) is 30.9 Å². The Kier molecular flexibility index (Phi) is 7.11. The summed E-state index contributed by atoms with van der Waals surface area (Å²) in [6.07, 6.45) is 8.76. The Morgan fingerprint density at radius 1 is 1.18 bits per heavy atom. The number of fused-ring (bicyclic) bond motifs is 3. The number of piperidine rings is 1. The lowest BCUT2D eigenvalue weighted by Gasteiger charge is -2.30. The number of carbonyl (C=O) groups excluding carboxylic acids is 1. The molecule has 3 aromatic rings. The molecule has 6 nitrogen and oxygen atoms in total. The fourth-order valence-corrected chi connectivity index (χ4v) is 6.39. The molecule has 1 aromatic carbocycles. The third kappa shape index (κ3) is 5.26. The number of thiophene rings is 1. The lowest BCUT2D eigenvalue weighted by molar-refractivity contribution is -0.121. The zero-order valence-corrected chi connectivity index (χ0v) is 20.8. The van der Waals surface area contributed by atoms with E-state index in [4.69, 9.17) is 0 Å². The molecular weight excluding hydrogens is 444 g/mol. The SMILES string of the molecule is CC1CCN(Cc2cccc(CNC(=O)CCn3cnc4sc5c(c4c3=O)CCCC5)c2)CC1. The number of aryl methyl sites for hydroxylation is 3. The van der Waals surface area contributed by atoms with E-state index in [-0.39, 0.29) is 17.9 Å². The lowest BCUT2D eigenvalue weighted by atomic mass is 9.97. The van der Waals surface area contributed by atoms with Crippen molar-refractivity contribution in [3.63, 3.8) is 0 Å². The summed E-state index contributed by atoms with van der Waals surface area (Å²) in [5.41, 5.74) is 3.60. The molecule has 0 bridgehead atoms. The van der Waals surface area contributed by atoms with Gasteiger partial charge in [-0.3, -0.25) is 19.1 Å². The molecule has 2 aromatic heterocycles. The maximum Gasteiger partial charge on any atom is 0.262 e. The fraction of sp³-hybridized carbons (Fsp3) is 0.519. The average molecular weight is 479 g/mol. The Morgan fingerprint density at radius 2 is 1.97 bits per heavy atom. The molecule has 3 heterocycles. The van der Waals surface area contributed by atoms with E-state index in [0.717, 1.165) is 60.6 Å². The van der Waals surface area contributed by atoms with E-state index >= 15 is 0 Å². The van der Waals surface area contributed by atoms with E-state index in [1.807, 2.05) is 0 Å². The third-order valence-electron chi connectivity index (χ3n) is 7.29. The van der Waals surface area contributed by atoms with Crippen molar-refractivity contribution in [3.8, 4) is 0 Å². The van der Waals surface area contributed by atoms with Crippen molar-refractivity contribution in [2.24, 2.45) is 5.92 Å². The van der Waals surface area contributed by atoms with Crippen LogP contribution >= 0.6 is 11.3 Å². The second-order valence-electron chi connectivity index (χ2n) is 9.94. The molecular formula is C27H34N4O2S. The molecule has 1 aliphatic heterocycles. The molecule has 180 valence electrons. The van der Waals surface area contributed by atoms with Crippen LogP contribution in [0.25, 0.3) is 10.2 Å². The zero-order chi connectivity index (χ0) is 23.5. The largest absolute Gasteiger partial charge is 0.352 e. The molecule has 1 saturated heterocycles. The number of rotatable bonds is 7. The molecule has 1 amide bonds. The van der Waals surface area contributed by atoms with Crippen molar-refractivity contribution < 1.29 is 4.79 Å². The van der Waals surface area contributed by atoms with E-state index in [0.29, 0.717) is 13.1 Å². The van der Waals surface area contributed by atoms with E-state index < -0.39 is 0 Å². The standard InChI is InChI=1S/C27H34N4O2S/c1-19-9-12-30(13-10-19)17-21-6-4-5-20(15-21)16-28-24(32)11-14-31-18-29-26-25(27(31)33)22-7-2-3-8-23(22)34-26/h4-6,15,18-19H,2-3,7-14,16-17H2,1H3,(H,28,32). The number of hydrogen-bond donors (Lipinski definition) is 1.